The van der Waals surface area contributed by atoms with Crippen LogP contribution in [0.4, 0.5) is 5.69 Å². The van der Waals surface area contributed by atoms with E-state index in [-0.39, 0.29) is 42.0 Å². The average molecular weight is 328 g/mol. The van der Waals surface area contributed by atoms with Crippen molar-refractivity contribution in [3.8, 4) is 10.6 Å². The second kappa shape index (κ2) is 7.07. The van der Waals surface area contributed by atoms with E-state index in [2.05, 4.69) is 28.1 Å². The largest absolute Gasteiger partial charge is 1.00 e. The number of rotatable bonds is 1. The van der Waals surface area contributed by atoms with Crippen molar-refractivity contribution in [1.29, 1.82) is 5.41 Å². The van der Waals surface area contributed by atoms with E-state index in [1.54, 1.807) is 11.3 Å². The molecular weight excluding hydrogens is 313 g/mol. The van der Waals surface area contributed by atoms with Crippen LogP contribution in [0.2, 0.25) is 0 Å². The molecule has 6 heteroatoms. The second-order valence-corrected chi connectivity index (χ2v) is 5.98. The average Bonchev–Trinajstić information content (AvgIpc) is 2.37. The van der Waals surface area contributed by atoms with Crippen LogP contribution in [0.25, 0.3) is 20.8 Å². The molecule has 0 saturated heterocycles. The maximum Gasteiger partial charge on any atom is 1.00 e. The summed E-state index contributed by atoms with van der Waals surface area (Å²) in [7, 11) is 4.07. The number of nitrogens with zero attached hydrogens (tertiary/aromatic N) is 2. The van der Waals surface area contributed by atoms with Crippen LogP contribution in [0.1, 0.15) is 5.56 Å². The number of aromatic nitrogens is 1. The first-order valence-corrected chi connectivity index (χ1v) is 6.93. The van der Waals surface area contributed by atoms with Crippen molar-refractivity contribution in [2.24, 2.45) is 0 Å². The van der Waals surface area contributed by atoms with E-state index >= 15 is 0 Å². The summed E-state index contributed by atoms with van der Waals surface area (Å²) in [6, 6.07) is 10.2. The third-order valence-electron chi connectivity index (χ3n) is 3.23. The molecule has 0 atom stereocenters. The minimum Gasteiger partial charge on any atom is -1.00 e. The normalized spacial score (nSPS) is 10.0. The molecule has 0 fully saturated rings. The summed E-state index contributed by atoms with van der Waals surface area (Å²) in [5.74, 6) is 0. The number of aryl methyl sites for hydroxylation is 1. The number of nitrogens with one attached hydrogen (secondary N) is 1. The van der Waals surface area contributed by atoms with E-state index in [4.69, 9.17) is 5.41 Å². The molecule has 0 bridgehead atoms. The van der Waals surface area contributed by atoms with Crippen LogP contribution in [0.3, 0.4) is 0 Å². The predicted molar refractivity (Wildman–Crippen MR) is 81.2 cm³/mol. The van der Waals surface area contributed by atoms with Crippen molar-refractivity contribution in [3.05, 3.63) is 41.3 Å². The second-order valence-electron chi connectivity index (χ2n) is 4.90. The molecule has 1 N–H and O–H groups in total. The maximum absolute atomic E-state index is 7.89. The van der Waals surface area contributed by atoms with Crippen LogP contribution in [-0.2, 0) is 0 Å². The van der Waals surface area contributed by atoms with Gasteiger partial charge in [0.1, 0.15) is 0 Å². The van der Waals surface area contributed by atoms with Crippen LogP contribution >= 0.6 is 11.3 Å². The van der Waals surface area contributed by atoms with E-state index in [0.29, 0.717) is 5.36 Å². The van der Waals surface area contributed by atoms with Crippen molar-refractivity contribution in [3.63, 3.8) is 0 Å². The molecule has 1 aliphatic heterocycles. The van der Waals surface area contributed by atoms with Gasteiger partial charge in [0.25, 0.3) is 0 Å². The van der Waals surface area contributed by atoms with Crippen LogP contribution in [0, 0.1) is 12.3 Å². The van der Waals surface area contributed by atoms with Crippen molar-refractivity contribution in [2.75, 3.05) is 19.0 Å². The molecule has 3 nitrogen and oxygen atoms in total. The number of fused-ring (bicyclic) bond motifs is 2. The zero-order valence-electron chi connectivity index (χ0n) is 12.6. The summed E-state index contributed by atoms with van der Waals surface area (Å²) in [6.45, 7) is 1.95. The van der Waals surface area contributed by atoms with Crippen LogP contribution in [0.15, 0.2) is 30.3 Å². The molecular formula is C15H15ClN3NaS. The molecule has 1 aromatic rings. The van der Waals surface area contributed by atoms with Gasteiger partial charge in [-0.3, -0.25) is 0 Å². The fraction of sp³-hybridized carbons (Fsp3) is 0.200. The molecule has 1 aliphatic carbocycles. The molecule has 0 radical (unpaired) electrons. The molecule has 0 unspecified atom stereocenters. The Morgan fingerprint density at radius 1 is 1.14 bits per heavy atom. The van der Waals surface area contributed by atoms with Gasteiger partial charge in [-0.25, -0.2) is 4.98 Å². The molecule has 3 rings (SSSR count). The minimum absolute atomic E-state index is 0. The Morgan fingerprint density at radius 3 is 2.52 bits per heavy atom. The smallest absolute Gasteiger partial charge is 1.00 e. The quantitative estimate of drug-likeness (QED) is 0.389. The van der Waals surface area contributed by atoms with Gasteiger partial charge in [0.15, 0.2) is 0 Å². The minimum atomic E-state index is 0. The zero-order valence-corrected chi connectivity index (χ0v) is 16.1. The van der Waals surface area contributed by atoms with Gasteiger partial charge in [-0.1, -0.05) is 0 Å². The molecule has 2 aliphatic rings. The number of halogens is 1. The van der Waals surface area contributed by atoms with E-state index in [0.717, 1.165) is 26.4 Å². The van der Waals surface area contributed by atoms with Crippen molar-refractivity contribution in [2.45, 2.75) is 6.92 Å². The zero-order chi connectivity index (χ0) is 13.6. The Hall–Kier alpha value is -0.650. The molecule has 104 valence electrons. The number of benzene rings is 2. The van der Waals surface area contributed by atoms with Crippen molar-refractivity contribution < 1.29 is 42.0 Å². The third kappa shape index (κ3) is 3.58. The Morgan fingerprint density at radius 2 is 1.86 bits per heavy atom. The van der Waals surface area contributed by atoms with Crippen LogP contribution < -0.4 is 52.2 Å². The van der Waals surface area contributed by atoms with E-state index in [1.165, 1.54) is 5.69 Å². The summed E-state index contributed by atoms with van der Waals surface area (Å²) >= 11 is 1.70. The number of anilines is 1. The Kier molecular flexibility index (Phi) is 6.20. The number of hydrogen-bond acceptors (Lipinski definition) is 4. The van der Waals surface area contributed by atoms with Gasteiger partial charge in [0, 0.05) is 19.8 Å². The molecule has 0 amide bonds. The summed E-state index contributed by atoms with van der Waals surface area (Å²) < 4.78 is 1.15. The summed E-state index contributed by atoms with van der Waals surface area (Å²) in [4.78, 5) is 7.84. The van der Waals surface area contributed by atoms with E-state index in [1.807, 2.05) is 33.2 Å². The standard InChI is InChI=1S/C15H15N3S.ClH.Na/c1-9-6-13-15(8-11(9)16)19-14-7-10(18(2)3)4-5-12(14)17-13;;/h4-8,16H,1-3H3;1H;/q;;+1/p-1. The van der Waals surface area contributed by atoms with Gasteiger partial charge in [-0.2, -0.15) is 0 Å². The van der Waals surface area contributed by atoms with Gasteiger partial charge in [-0.05, 0) is 42.8 Å². The monoisotopic (exact) mass is 327 g/mol. The molecule has 21 heavy (non-hydrogen) atoms. The van der Waals surface area contributed by atoms with Crippen molar-refractivity contribution in [1.82, 2.24) is 4.98 Å². The maximum atomic E-state index is 7.89. The van der Waals surface area contributed by atoms with Gasteiger partial charge in [0.2, 0.25) is 0 Å². The first-order valence-electron chi connectivity index (χ1n) is 6.12. The first-order chi connectivity index (χ1) is 9.04. The van der Waals surface area contributed by atoms with Gasteiger partial charge < -0.3 is 22.7 Å². The Balaban J connectivity index is 0.00000110. The Labute approximate surface area is 156 Å². The van der Waals surface area contributed by atoms with Crippen LogP contribution in [0.5, 0.6) is 0 Å². The molecule has 0 saturated carbocycles. The first kappa shape index (κ1) is 18.4. The SMILES string of the molecule is Cc1cc2nc3ccc(N(C)C)cc3sc-2cc1=N.[Cl-].[Na+]. The topological polar surface area (TPSA) is 40.0 Å². The summed E-state index contributed by atoms with van der Waals surface area (Å²) in [6.07, 6.45) is 0. The molecule has 1 heterocycles. The fourth-order valence-corrected chi connectivity index (χ4v) is 3.07. The third-order valence-corrected chi connectivity index (χ3v) is 4.32. The molecule has 0 spiro atoms. The van der Waals surface area contributed by atoms with Crippen molar-refractivity contribution >= 4 is 27.2 Å². The summed E-state index contributed by atoms with van der Waals surface area (Å²) in [5, 5.41) is 8.47. The molecule has 1 aromatic carbocycles. The van der Waals surface area contributed by atoms with E-state index in [9.17, 15) is 0 Å². The number of hydrogen-bond donors (Lipinski definition) is 1. The van der Waals surface area contributed by atoms with Crippen LogP contribution in [-0.4, -0.2) is 19.1 Å². The Bertz CT molecular complexity index is 801. The molecule has 0 aromatic heterocycles. The predicted octanol–water partition coefficient (Wildman–Crippen LogP) is -2.74. The summed E-state index contributed by atoms with van der Waals surface area (Å²) in [5.41, 5.74) is 4.13. The van der Waals surface area contributed by atoms with Gasteiger partial charge in [-0.15, -0.1) is 11.3 Å². The van der Waals surface area contributed by atoms with Gasteiger partial charge >= 0.3 is 29.6 Å². The van der Waals surface area contributed by atoms with Gasteiger partial charge in [0.05, 0.1) is 26.1 Å². The fourth-order valence-electron chi connectivity index (χ4n) is 2.05. The van der Waals surface area contributed by atoms with E-state index < -0.39 is 0 Å².